The summed E-state index contributed by atoms with van der Waals surface area (Å²) in [5, 5.41) is 0. The fourth-order valence-electron chi connectivity index (χ4n) is 3.31. The molecule has 0 saturated carbocycles. The van der Waals surface area contributed by atoms with Gasteiger partial charge < -0.3 is 5.73 Å². The zero-order valence-corrected chi connectivity index (χ0v) is 17.0. The Hall–Kier alpha value is -0.710. The Morgan fingerprint density at radius 3 is 1.77 bits per heavy atom. The van der Waals surface area contributed by atoms with Gasteiger partial charge in [0.1, 0.15) is 0 Å². The molecule has 148 valence electrons. The topological polar surface area (TPSA) is 101 Å². The molecule has 1 aromatic carbocycles. The van der Waals surface area contributed by atoms with E-state index in [1.807, 2.05) is 0 Å². The van der Waals surface area contributed by atoms with E-state index in [9.17, 15) is 16.8 Å². The molecule has 3 rings (SSSR count). The van der Waals surface area contributed by atoms with E-state index in [4.69, 9.17) is 5.73 Å². The normalized spacial score (nSPS) is 21.3. The van der Waals surface area contributed by atoms with Crippen molar-refractivity contribution in [3.63, 3.8) is 0 Å². The van der Waals surface area contributed by atoms with E-state index < -0.39 is 20.0 Å². The highest BCUT2D eigenvalue weighted by molar-refractivity contribution is 7.90. The van der Waals surface area contributed by atoms with Gasteiger partial charge in [0.15, 0.2) is 0 Å². The van der Waals surface area contributed by atoms with E-state index in [1.165, 1.54) is 32.9 Å². The second-order valence-electron chi connectivity index (χ2n) is 6.68. The lowest BCUT2D eigenvalue weighted by Crippen LogP contribution is -2.42. The van der Waals surface area contributed by atoms with Crippen LogP contribution in [0.3, 0.4) is 0 Å². The zero-order valence-electron chi connectivity index (χ0n) is 14.6. The maximum Gasteiger partial charge on any atom is 0.243 e. The Balaban J connectivity index is 0.00000243. The molecule has 0 radical (unpaired) electrons. The maximum absolute atomic E-state index is 12.8. The van der Waals surface area contributed by atoms with Crippen LogP contribution in [-0.2, 0) is 20.0 Å². The van der Waals surface area contributed by atoms with E-state index in [0.717, 1.165) is 19.3 Å². The van der Waals surface area contributed by atoms with Crippen LogP contribution in [-0.4, -0.2) is 57.7 Å². The summed E-state index contributed by atoms with van der Waals surface area (Å²) >= 11 is 0. The molecule has 1 aromatic rings. The van der Waals surface area contributed by atoms with Crippen LogP contribution in [0.15, 0.2) is 34.1 Å². The number of hydrogen-bond acceptors (Lipinski definition) is 5. The van der Waals surface area contributed by atoms with Crippen LogP contribution in [0.5, 0.6) is 0 Å². The van der Waals surface area contributed by atoms with Gasteiger partial charge in [-0.3, -0.25) is 0 Å². The van der Waals surface area contributed by atoms with Crippen molar-refractivity contribution in [2.24, 2.45) is 5.73 Å². The van der Waals surface area contributed by atoms with E-state index in [0.29, 0.717) is 39.0 Å². The van der Waals surface area contributed by atoms with Gasteiger partial charge in [0.2, 0.25) is 20.0 Å². The van der Waals surface area contributed by atoms with Crippen LogP contribution < -0.4 is 5.73 Å². The lowest BCUT2D eigenvalue weighted by Gasteiger charge is -2.29. The smallest absolute Gasteiger partial charge is 0.243 e. The van der Waals surface area contributed by atoms with Gasteiger partial charge in [0, 0.05) is 32.2 Å². The Morgan fingerprint density at radius 1 is 0.808 bits per heavy atom. The van der Waals surface area contributed by atoms with Crippen LogP contribution in [0.2, 0.25) is 0 Å². The molecule has 2 fully saturated rings. The number of rotatable bonds is 4. The van der Waals surface area contributed by atoms with Gasteiger partial charge in [-0.25, -0.2) is 16.8 Å². The summed E-state index contributed by atoms with van der Waals surface area (Å²) in [5.74, 6) is 0. The van der Waals surface area contributed by atoms with Crippen molar-refractivity contribution < 1.29 is 16.8 Å². The predicted molar refractivity (Wildman–Crippen MR) is 102 cm³/mol. The lowest BCUT2D eigenvalue weighted by atomic mass is 10.1. The number of nitrogens with two attached hydrogens (primary N) is 1. The van der Waals surface area contributed by atoms with Gasteiger partial charge in [0.05, 0.1) is 9.79 Å². The van der Waals surface area contributed by atoms with E-state index >= 15 is 0 Å². The van der Waals surface area contributed by atoms with E-state index in [1.54, 1.807) is 0 Å². The SMILES string of the molecule is Cl.NC1CCN(S(=O)(=O)c2cccc(S(=O)(=O)N3CCCCC3)c2)CC1. The summed E-state index contributed by atoms with van der Waals surface area (Å²) in [6.07, 6.45) is 3.93. The minimum atomic E-state index is -3.70. The van der Waals surface area contributed by atoms with Crippen molar-refractivity contribution >= 4 is 32.5 Å². The van der Waals surface area contributed by atoms with Gasteiger partial charge in [-0.15, -0.1) is 12.4 Å². The summed E-state index contributed by atoms with van der Waals surface area (Å²) < 4.78 is 54.1. The van der Waals surface area contributed by atoms with Gasteiger partial charge in [0.25, 0.3) is 0 Å². The highest BCUT2D eigenvalue weighted by Crippen LogP contribution is 2.25. The summed E-state index contributed by atoms with van der Waals surface area (Å²) in [7, 11) is -7.36. The van der Waals surface area contributed by atoms with Crippen LogP contribution in [0.1, 0.15) is 32.1 Å². The molecule has 2 heterocycles. The van der Waals surface area contributed by atoms with Crippen LogP contribution in [0, 0.1) is 0 Å². The molecule has 7 nitrogen and oxygen atoms in total. The molecule has 0 amide bonds. The molecule has 2 aliphatic rings. The maximum atomic E-state index is 12.8. The summed E-state index contributed by atoms with van der Waals surface area (Å²) in [4.78, 5) is 0.0743. The molecule has 0 unspecified atom stereocenters. The average molecular weight is 424 g/mol. The van der Waals surface area contributed by atoms with Crippen LogP contribution in [0.25, 0.3) is 0 Å². The largest absolute Gasteiger partial charge is 0.328 e. The Labute approximate surface area is 162 Å². The average Bonchev–Trinajstić information content (AvgIpc) is 2.63. The first-order chi connectivity index (χ1) is 11.8. The van der Waals surface area contributed by atoms with Gasteiger partial charge in [-0.1, -0.05) is 12.5 Å². The third-order valence-electron chi connectivity index (χ3n) is 4.89. The molecular formula is C16H26ClN3O4S2. The van der Waals surface area contributed by atoms with Crippen molar-refractivity contribution in [1.82, 2.24) is 8.61 Å². The summed E-state index contributed by atoms with van der Waals surface area (Å²) in [5.41, 5.74) is 5.84. The lowest BCUT2D eigenvalue weighted by molar-refractivity contribution is 0.320. The van der Waals surface area contributed by atoms with Crippen molar-refractivity contribution in [3.8, 4) is 0 Å². The third kappa shape index (κ3) is 4.40. The highest BCUT2D eigenvalue weighted by atomic mass is 35.5. The molecule has 0 bridgehead atoms. The predicted octanol–water partition coefficient (Wildman–Crippen LogP) is 1.39. The standard InChI is InChI=1S/C16H25N3O4S2.ClH/c17-14-7-11-19(12-8-14)25(22,23)16-6-4-5-15(13-16)24(20,21)18-9-2-1-3-10-18;/h4-6,13-14H,1-3,7-12,17H2;1H. The van der Waals surface area contributed by atoms with Crippen LogP contribution in [0.4, 0.5) is 0 Å². The molecule has 0 atom stereocenters. The van der Waals surface area contributed by atoms with E-state index in [2.05, 4.69) is 0 Å². The number of halogens is 1. The highest BCUT2D eigenvalue weighted by Gasteiger charge is 2.31. The van der Waals surface area contributed by atoms with Crippen molar-refractivity contribution in [2.75, 3.05) is 26.2 Å². The van der Waals surface area contributed by atoms with Crippen LogP contribution >= 0.6 is 12.4 Å². The minimum absolute atomic E-state index is 0. The van der Waals surface area contributed by atoms with Crippen molar-refractivity contribution in [2.45, 2.75) is 47.9 Å². The number of nitrogens with zero attached hydrogens (tertiary/aromatic N) is 2. The third-order valence-corrected chi connectivity index (χ3v) is 8.68. The number of benzene rings is 1. The first-order valence-corrected chi connectivity index (χ1v) is 11.6. The molecular weight excluding hydrogens is 398 g/mol. The van der Waals surface area contributed by atoms with Gasteiger partial charge in [-0.2, -0.15) is 8.61 Å². The molecule has 26 heavy (non-hydrogen) atoms. The zero-order chi connectivity index (χ0) is 18.1. The van der Waals surface area contributed by atoms with Gasteiger partial charge in [-0.05, 0) is 43.9 Å². The molecule has 2 saturated heterocycles. The summed E-state index contributed by atoms with van der Waals surface area (Å²) in [6, 6.07) is 5.73. The summed E-state index contributed by atoms with van der Waals surface area (Å²) in [6.45, 7) is 1.71. The molecule has 0 spiro atoms. The Bertz CT molecular complexity index is 816. The number of sulfonamides is 2. The molecule has 0 aromatic heterocycles. The number of hydrogen-bond donors (Lipinski definition) is 1. The monoisotopic (exact) mass is 423 g/mol. The van der Waals surface area contributed by atoms with Crippen molar-refractivity contribution in [1.29, 1.82) is 0 Å². The van der Waals surface area contributed by atoms with Gasteiger partial charge >= 0.3 is 0 Å². The second kappa shape index (κ2) is 8.53. The minimum Gasteiger partial charge on any atom is -0.328 e. The molecule has 2 N–H and O–H groups in total. The fourth-order valence-corrected chi connectivity index (χ4v) is 6.47. The number of piperidine rings is 2. The molecule has 2 aliphatic heterocycles. The first-order valence-electron chi connectivity index (χ1n) is 8.68. The molecule has 0 aliphatic carbocycles. The second-order valence-corrected chi connectivity index (χ2v) is 10.6. The molecule has 10 heteroatoms. The quantitative estimate of drug-likeness (QED) is 0.788. The first kappa shape index (κ1) is 21.6. The Kier molecular flexibility index (Phi) is 7.09. The van der Waals surface area contributed by atoms with Crippen molar-refractivity contribution in [3.05, 3.63) is 24.3 Å². The Morgan fingerprint density at radius 2 is 1.27 bits per heavy atom. The van der Waals surface area contributed by atoms with E-state index in [-0.39, 0.29) is 28.2 Å². The fraction of sp³-hybridized carbons (Fsp3) is 0.625.